The van der Waals surface area contributed by atoms with Crippen molar-refractivity contribution in [3.8, 4) is 5.75 Å². The molecular formula is C36H43Cl2N5O7. The van der Waals surface area contributed by atoms with Gasteiger partial charge in [0.1, 0.15) is 24.4 Å². The van der Waals surface area contributed by atoms with Gasteiger partial charge < -0.3 is 36.5 Å². The van der Waals surface area contributed by atoms with Crippen LogP contribution in [-0.2, 0) is 48.2 Å². The SMILES string of the molecule is COC(=O)[C@H](CC(C)C)NC(=O)[C@H](Cc1ccccc1)NC(=O)CNC(=O)CNC(=O)[C@@H](N)Cc1ccc(OCc2c(Cl)cccc2Cl)cc1. The Kier molecular flexibility index (Phi) is 16.0. The molecule has 0 unspecified atom stereocenters. The molecule has 6 N–H and O–H groups in total. The summed E-state index contributed by atoms with van der Waals surface area (Å²) in [5.74, 6) is -2.33. The number of hydrogen-bond donors (Lipinski definition) is 5. The summed E-state index contributed by atoms with van der Waals surface area (Å²) < 4.78 is 10.6. The third kappa shape index (κ3) is 13.3. The molecule has 3 rings (SSSR count). The number of benzene rings is 3. The first-order valence-electron chi connectivity index (χ1n) is 16.0. The van der Waals surface area contributed by atoms with Crippen molar-refractivity contribution >= 4 is 52.8 Å². The molecule has 0 bridgehead atoms. The molecule has 50 heavy (non-hydrogen) atoms. The van der Waals surface area contributed by atoms with Gasteiger partial charge in [-0.25, -0.2) is 4.79 Å². The highest BCUT2D eigenvalue weighted by Crippen LogP contribution is 2.26. The number of carbonyl (C=O) groups excluding carboxylic acids is 5. The number of amides is 4. The second-order valence-electron chi connectivity index (χ2n) is 12.0. The number of rotatable bonds is 18. The Labute approximate surface area is 301 Å². The zero-order valence-electron chi connectivity index (χ0n) is 28.2. The Morgan fingerprint density at radius 1 is 0.720 bits per heavy atom. The van der Waals surface area contributed by atoms with Gasteiger partial charge in [-0.15, -0.1) is 0 Å². The van der Waals surface area contributed by atoms with Crippen LogP contribution in [0.1, 0.15) is 37.0 Å². The molecule has 4 amide bonds. The van der Waals surface area contributed by atoms with Crippen molar-refractivity contribution in [1.29, 1.82) is 0 Å². The van der Waals surface area contributed by atoms with E-state index in [0.717, 1.165) is 11.1 Å². The first-order valence-corrected chi connectivity index (χ1v) is 16.8. The quantitative estimate of drug-likeness (QED) is 0.124. The van der Waals surface area contributed by atoms with E-state index in [0.29, 0.717) is 27.8 Å². The number of nitrogens with one attached hydrogen (secondary N) is 4. The summed E-state index contributed by atoms with van der Waals surface area (Å²) in [6.07, 6.45) is 0.687. The average molecular weight is 729 g/mol. The van der Waals surface area contributed by atoms with Gasteiger partial charge in [0.15, 0.2) is 0 Å². The molecule has 0 aromatic heterocycles. The van der Waals surface area contributed by atoms with E-state index in [-0.39, 0.29) is 25.4 Å². The number of esters is 1. The molecule has 0 radical (unpaired) electrons. The molecule has 0 heterocycles. The first-order chi connectivity index (χ1) is 23.9. The van der Waals surface area contributed by atoms with E-state index in [9.17, 15) is 24.0 Å². The highest BCUT2D eigenvalue weighted by molar-refractivity contribution is 6.35. The van der Waals surface area contributed by atoms with Crippen LogP contribution in [0.4, 0.5) is 0 Å². The Morgan fingerprint density at radius 3 is 1.96 bits per heavy atom. The number of methoxy groups -OCH3 is 1. The third-order valence-electron chi connectivity index (χ3n) is 7.47. The summed E-state index contributed by atoms with van der Waals surface area (Å²) in [6.45, 7) is 3.12. The van der Waals surface area contributed by atoms with E-state index in [1.807, 2.05) is 19.9 Å². The second kappa shape index (κ2) is 20.1. The second-order valence-corrected chi connectivity index (χ2v) is 12.8. The van der Waals surface area contributed by atoms with Crippen molar-refractivity contribution < 1.29 is 33.4 Å². The van der Waals surface area contributed by atoms with Gasteiger partial charge in [-0.1, -0.05) is 85.6 Å². The standard InChI is InChI=1S/C36H43Cl2N5O7/c1-22(2)16-31(36(48)49-3)43-35(47)30(18-23-8-5-4-6-9-23)42-33(45)20-40-32(44)19-41-34(46)29(39)17-24-12-14-25(15-13-24)50-21-26-27(37)10-7-11-28(26)38/h4-15,22,29-31H,16-21,39H2,1-3H3,(H,40,44)(H,41,46)(H,42,45)(H,43,47)/t29-,30-,31-/m0/s1. The number of nitrogens with two attached hydrogens (primary N) is 1. The molecule has 0 aliphatic rings. The summed E-state index contributed by atoms with van der Waals surface area (Å²) in [5, 5.41) is 11.2. The van der Waals surface area contributed by atoms with Crippen molar-refractivity contribution in [3.05, 3.63) is 99.5 Å². The summed E-state index contributed by atoms with van der Waals surface area (Å²) in [5.41, 5.74) is 8.28. The van der Waals surface area contributed by atoms with Crippen LogP contribution in [0.2, 0.25) is 10.0 Å². The van der Waals surface area contributed by atoms with Crippen LogP contribution in [0.15, 0.2) is 72.8 Å². The van der Waals surface area contributed by atoms with Gasteiger partial charge in [-0.2, -0.15) is 0 Å². The number of hydrogen-bond acceptors (Lipinski definition) is 8. The lowest BCUT2D eigenvalue weighted by Crippen LogP contribution is -2.54. The van der Waals surface area contributed by atoms with Gasteiger partial charge in [0.2, 0.25) is 23.6 Å². The van der Waals surface area contributed by atoms with Crippen LogP contribution in [0.5, 0.6) is 5.75 Å². The van der Waals surface area contributed by atoms with Gasteiger partial charge >= 0.3 is 5.97 Å². The Balaban J connectivity index is 1.46. The molecule has 3 aromatic rings. The fraction of sp³-hybridized carbons (Fsp3) is 0.361. The summed E-state index contributed by atoms with van der Waals surface area (Å²) in [4.78, 5) is 63.3. The molecule has 3 atom stereocenters. The molecule has 0 saturated heterocycles. The largest absolute Gasteiger partial charge is 0.489 e. The fourth-order valence-electron chi connectivity index (χ4n) is 4.84. The molecule has 0 spiro atoms. The first kappa shape index (κ1) is 39.8. The molecule has 0 fully saturated rings. The highest BCUT2D eigenvalue weighted by Gasteiger charge is 2.28. The summed E-state index contributed by atoms with van der Waals surface area (Å²) >= 11 is 12.4. The van der Waals surface area contributed by atoms with Gasteiger partial charge in [-0.05, 0) is 54.2 Å². The monoisotopic (exact) mass is 727 g/mol. The molecule has 3 aromatic carbocycles. The van der Waals surface area contributed by atoms with Crippen molar-refractivity contribution in [2.75, 3.05) is 20.2 Å². The van der Waals surface area contributed by atoms with E-state index >= 15 is 0 Å². The van der Waals surface area contributed by atoms with E-state index in [1.54, 1.807) is 66.7 Å². The maximum atomic E-state index is 13.2. The molecule has 0 aliphatic heterocycles. The van der Waals surface area contributed by atoms with E-state index in [4.69, 9.17) is 38.4 Å². The minimum absolute atomic E-state index is 0.0884. The zero-order valence-corrected chi connectivity index (χ0v) is 29.7. The summed E-state index contributed by atoms with van der Waals surface area (Å²) in [7, 11) is 1.24. The van der Waals surface area contributed by atoms with Crippen molar-refractivity contribution in [3.63, 3.8) is 0 Å². The molecular weight excluding hydrogens is 685 g/mol. The topological polar surface area (TPSA) is 178 Å². The van der Waals surface area contributed by atoms with Gasteiger partial charge in [0.05, 0.1) is 26.2 Å². The van der Waals surface area contributed by atoms with E-state index < -0.39 is 60.8 Å². The Hall–Kier alpha value is -4.65. The predicted molar refractivity (Wildman–Crippen MR) is 190 cm³/mol. The van der Waals surface area contributed by atoms with Crippen LogP contribution in [0, 0.1) is 5.92 Å². The van der Waals surface area contributed by atoms with Crippen molar-refractivity contribution in [2.24, 2.45) is 11.7 Å². The Bertz CT molecular complexity index is 1590. The minimum Gasteiger partial charge on any atom is -0.489 e. The van der Waals surface area contributed by atoms with Crippen molar-refractivity contribution in [2.45, 2.75) is 57.8 Å². The minimum atomic E-state index is -1.04. The fourth-order valence-corrected chi connectivity index (χ4v) is 5.35. The Morgan fingerprint density at radius 2 is 1.34 bits per heavy atom. The number of halogens is 2. The average Bonchev–Trinajstić information content (AvgIpc) is 3.09. The maximum Gasteiger partial charge on any atom is 0.328 e. The van der Waals surface area contributed by atoms with Crippen molar-refractivity contribution in [1.82, 2.24) is 21.3 Å². The van der Waals surface area contributed by atoms with Crippen LogP contribution in [0.25, 0.3) is 0 Å². The zero-order chi connectivity index (χ0) is 36.6. The molecule has 0 aliphatic carbocycles. The highest BCUT2D eigenvalue weighted by atomic mass is 35.5. The number of ether oxygens (including phenoxy) is 2. The normalized spacial score (nSPS) is 12.6. The maximum absolute atomic E-state index is 13.2. The number of carbonyl (C=O) groups is 5. The predicted octanol–water partition coefficient (Wildman–Crippen LogP) is 3.11. The lowest BCUT2D eigenvalue weighted by molar-refractivity contribution is -0.145. The molecule has 14 heteroatoms. The van der Waals surface area contributed by atoms with Gasteiger partial charge in [0, 0.05) is 22.0 Å². The molecule has 268 valence electrons. The van der Waals surface area contributed by atoms with Gasteiger partial charge in [-0.3, -0.25) is 19.2 Å². The lowest BCUT2D eigenvalue weighted by atomic mass is 10.0. The van der Waals surface area contributed by atoms with Crippen LogP contribution < -0.4 is 31.7 Å². The molecule has 12 nitrogen and oxygen atoms in total. The van der Waals surface area contributed by atoms with Crippen LogP contribution in [0.3, 0.4) is 0 Å². The van der Waals surface area contributed by atoms with E-state index in [1.165, 1.54) is 7.11 Å². The summed E-state index contributed by atoms with van der Waals surface area (Å²) in [6, 6.07) is 18.4. The van der Waals surface area contributed by atoms with Crippen LogP contribution >= 0.6 is 23.2 Å². The smallest absolute Gasteiger partial charge is 0.328 e. The lowest BCUT2D eigenvalue weighted by Gasteiger charge is -2.23. The van der Waals surface area contributed by atoms with Crippen LogP contribution in [-0.4, -0.2) is 67.9 Å². The third-order valence-corrected chi connectivity index (χ3v) is 8.18. The van der Waals surface area contributed by atoms with E-state index in [2.05, 4.69) is 21.3 Å². The van der Waals surface area contributed by atoms with Gasteiger partial charge in [0.25, 0.3) is 0 Å². The molecule has 0 saturated carbocycles.